The van der Waals surface area contributed by atoms with Gasteiger partial charge in [0.1, 0.15) is 0 Å². The van der Waals surface area contributed by atoms with E-state index in [-0.39, 0.29) is 0 Å². The van der Waals surface area contributed by atoms with Gasteiger partial charge in [-0.15, -0.1) is 22.7 Å². The fourth-order valence-corrected chi connectivity index (χ4v) is 5.82. The number of benzene rings is 5. The molecular weight excluding hydrogens is 785 g/mol. The van der Waals surface area contributed by atoms with E-state index >= 15 is 0 Å². The number of thiophene rings is 2. The van der Waals surface area contributed by atoms with Gasteiger partial charge in [0.15, 0.2) is 0 Å². The molecule has 0 fully saturated rings. The van der Waals surface area contributed by atoms with Gasteiger partial charge < -0.3 is 0 Å². The van der Waals surface area contributed by atoms with Crippen LogP contribution in [0.5, 0.6) is 0 Å². The minimum Gasteiger partial charge on any atom is -0.149 e. The molecule has 0 radical (unpaired) electrons. The van der Waals surface area contributed by atoms with Crippen LogP contribution in [0.3, 0.4) is 0 Å². The Labute approximate surface area is 397 Å². The lowest BCUT2D eigenvalue weighted by molar-refractivity contribution is 1.38. The van der Waals surface area contributed by atoms with Crippen LogP contribution in [-0.4, -0.2) is 0 Å². The van der Waals surface area contributed by atoms with Crippen molar-refractivity contribution in [2.45, 2.75) is 180 Å². The van der Waals surface area contributed by atoms with E-state index in [1.807, 2.05) is 143 Å². The van der Waals surface area contributed by atoms with Crippen LogP contribution in [0.2, 0.25) is 0 Å². The van der Waals surface area contributed by atoms with Crippen LogP contribution in [-0.2, 0) is 0 Å². The fourth-order valence-electron chi connectivity index (χ4n) is 4.35. The average molecular weight is 886 g/mol. The molecule has 0 aliphatic heterocycles. The first-order chi connectivity index (χ1) is 30.2. The van der Waals surface area contributed by atoms with Crippen molar-refractivity contribution in [1.29, 1.82) is 0 Å². The molecule has 2 heteroatoms. The number of rotatable bonds is 0. The lowest BCUT2D eigenvalue weighted by Crippen LogP contribution is -1.82. The molecule has 0 bridgehead atoms. The van der Waals surface area contributed by atoms with Gasteiger partial charge in [-0.05, 0) is 128 Å². The summed E-state index contributed by atoms with van der Waals surface area (Å²) < 4.78 is 0. The normalized spacial score (nSPS) is 7.84. The van der Waals surface area contributed by atoms with Crippen molar-refractivity contribution in [2.24, 2.45) is 0 Å². The maximum Gasteiger partial charge on any atom is 0.00433 e. The number of hydrogen-bond donors (Lipinski definition) is 0. The first kappa shape index (κ1) is 72.5. The first-order valence-corrected chi connectivity index (χ1v) is 25.9. The summed E-state index contributed by atoms with van der Waals surface area (Å²) in [4.78, 5) is 2.86. The number of fused-ring (bicyclic) bond motifs is 2. The van der Waals surface area contributed by atoms with E-state index in [2.05, 4.69) is 169 Å². The fraction of sp³-hybridized carbons (Fsp3) is 0.433. The van der Waals surface area contributed by atoms with Gasteiger partial charge >= 0.3 is 0 Å². The van der Waals surface area contributed by atoms with Gasteiger partial charge in [0.25, 0.3) is 0 Å². The maximum atomic E-state index is 2.18. The Morgan fingerprint density at radius 1 is 0.258 bits per heavy atom. The molecule has 0 saturated carbocycles. The monoisotopic (exact) mass is 885 g/mol. The molecule has 5 aromatic carbocycles. The minimum absolute atomic E-state index is 1.32. The zero-order chi connectivity index (χ0) is 49.9. The molecule has 7 rings (SSSR count). The zero-order valence-electron chi connectivity index (χ0n) is 45.5. The molecule has 0 aliphatic carbocycles. The summed E-state index contributed by atoms with van der Waals surface area (Å²) in [5, 5.41) is 9.62. The van der Waals surface area contributed by atoms with Crippen molar-refractivity contribution in [3.05, 3.63) is 175 Å². The predicted molar refractivity (Wildman–Crippen MR) is 303 cm³/mol. The summed E-state index contributed by atoms with van der Waals surface area (Å²) in [5.74, 6) is 0. The third-order valence-corrected chi connectivity index (χ3v) is 9.55. The molecule has 7 aromatic rings. The van der Waals surface area contributed by atoms with Crippen LogP contribution in [0.1, 0.15) is 168 Å². The lowest BCUT2D eigenvalue weighted by Gasteiger charge is -2.04. The van der Waals surface area contributed by atoms with Crippen LogP contribution < -0.4 is 0 Å². The highest BCUT2D eigenvalue weighted by Crippen LogP contribution is 2.20. The van der Waals surface area contributed by atoms with Gasteiger partial charge in [-0.3, -0.25) is 0 Å². The summed E-state index contributed by atoms with van der Waals surface area (Å²) in [6.07, 6.45) is 0. The minimum atomic E-state index is 1.32. The Balaban J connectivity index is -0.000000113. The first-order valence-electron chi connectivity index (χ1n) is 24.1. The van der Waals surface area contributed by atoms with Crippen LogP contribution in [0.4, 0.5) is 0 Å². The quantitative estimate of drug-likeness (QED) is 0.142. The van der Waals surface area contributed by atoms with Gasteiger partial charge in [0, 0.05) is 9.75 Å². The molecule has 0 unspecified atom stereocenters. The third-order valence-electron chi connectivity index (χ3n) is 7.65. The van der Waals surface area contributed by atoms with Crippen molar-refractivity contribution in [1.82, 2.24) is 0 Å². The number of hydrogen-bond acceptors (Lipinski definition) is 2. The molecule has 0 spiro atoms. The van der Waals surface area contributed by atoms with Crippen molar-refractivity contribution < 1.29 is 0 Å². The van der Waals surface area contributed by atoms with Crippen LogP contribution in [0.25, 0.3) is 21.5 Å². The molecule has 62 heavy (non-hydrogen) atoms. The molecule has 0 saturated heterocycles. The molecule has 0 atom stereocenters. The van der Waals surface area contributed by atoms with Crippen molar-refractivity contribution in [2.75, 3.05) is 0 Å². The second kappa shape index (κ2) is 57.0. The topological polar surface area (TPSA) is 0 Å². The van der Waals surface area contributed by atoms with Crippen molar-refractivity contribution in [3.63, 3.8) is 0 Å². The summed E-state index contributed by atoms with van der Waals surface area (Å²) in [6.45, 7) is 53.1. The zero-order valence-corrected chi connectivity index (χ0v) is 47.2. The van der Waals surface area contributed by atoms with Gasteiger partial charge in [-0.25, -0.2) is 0 Å². The second-order valence-electron chi connectivity index (χ2n) is 11.0. The van der Waals surface area contributed by atoms with E-state index in [1.165, 1.54) is 64.7 Å². The van der Waals surface area contributed by atoms with E-state index in [9.17, 15) is 0 Å². The molecule has 0 nitrogen and oxygen atoms in total. The van der Waals surface area contributed by atoms with Crippen molar-refractivity contribution in [3.8, 4) is 0 Å². The Kier molecular flexibility index (Phi) is 66.6. The van der Waals surface area contributed by atoms with Crippen molar-refractivity contribution >= 4 is 44.2 Å². The Morgan fingerprint density at radius 3 is 0.903 bits per heavy atom. The molecule has 352 valence electrons. The smallest absolute Gasteiger partial charge is 0.00433 e. The molecule has 2 aromatic heterocycles. The summed E-state index contributed by atoms with van der Waals surface area (Å²) in [6, 6.07) is 42.2. The Hall–Kier alpha value is -3.98. The highest BCUT2D eigenvalue weighted by atomic mass is 32.1. The van der Waals surface area contributed by atoms with E-state index in [4.69, 9.17) is 0 Å². The van der Waals surface area contributed by atoms with E-state index in [0.717, 1.165) is 0 Å². The van der Waals surface area contributed by atoms with E-state index < -0.39 is 0 Å². The lowest BCUT2D eigenvalue weighted by atomic mass is 10.0. The summed E-state index contributed by atoms with van der Waals surface area (Å²) >= 11 is 3.61. The third kappa shape index (κ3) is 35.6. The highest BCUT2D eigenvalue weighted by molar-refractivity contribution is 7.10. The average Bonchev–Trinajstić information content (AvgIpc) is 3.95. The summed E-state index contributed by atoms with van der Waals surface area (Å²) in [5.41, 5.74) is 8.25. The predicted octanol–water partition coefficient (Wildman–Crippen LogP) is 22.6. The molecule has 2 heterocycles. The van der Waals surface area contributed by atoms with E-state index in [0.29, 0.717) is 0 Å². The van der Waals surface area contributed by atoms with Gasteiger partial charge in [-0.1, -0.05) is 239 Å². The Bertz CT molecular complexity index is 1760. The largest absolute Gasteiger partial charge is 0.149 e. The van der Waals surface area contributed by atoms with Crippen LogP contribution >= 0.6 is 22.7 Å². The highest BCUT2D eigenvalue weighted by Gasteiger charge is 1.97. The number of aryl methyl sites for hydroxylation is 8. The maximum absolute atomic E-state index is 2.18. The van der Waals surface area contributed by atoms with E-state index in [1.54, 1.807) is 22.7 Å². The standard InChI is InChI=1S/C12H12.C11H10.C7H8.2C6H8S.9C2H6/c1-9-7-8-11-5-3-4-6-12(11)10(9)2;1-9-5-4-7-10-6-2-3-8-11(9)10;1-7-5-3-2-4-6-7;2*1-5-3-4-7-6(5)2;9*1-2/h3-8H,1-2H3;2-8H,1H3;2-6H,1H3;2*3-4H,1-2H3;9*1-2H3. The molecule has 0 aliphatic rings. The molecule has 0 amide bonds. The second-order valence-corrected chi connectivity index (χ2v) is 13.2. The molecular formula is C60H100S2. The van der Waals surface area contributed by atoms with Crippen LogP contribution in [0.15, 0.2) is 132 Å². The van der Waals surface area contributed by atoms with Gasteiger partial charge in [0.05, 0.1) is 0 Å². The SMILES string of the molecule is CC.CC.CC.CC.CC.CC.CC.CC.CC.Cc1ccc2ccccc2c1C.Cc1cccc2ccccc12.Cc1ccccc1.Cc1ccsc1C.Cc1ccsc1C. The van der Waals surface area contributed by atoms with Gasteiger partial charge in [-0.2, -0.15) is 0 Å². The van der Waals surface area contributed by atoms with Gasteiger partial charge in [0.2, 0.25) is 0 Å². The summed E-state index contributed by atoms with van der Waals surface area (Å²) in [7, 11) is 0. The van der Waals surface area contributed by atoms with Crippen LogP contribution in [0, 0.1) is 55.4 Å². The Morgan fingerprint density at radius 2 is 0.597 bits per heavy atom. The molecule has 0 N–H and O–H groups in total.